The van der Waals surface area contributed by atoms with E-state index in [1.165, 1.54) is 12.1 Å². The van der Waals surface area contributed by atoms with Gasteiger partial charge in [0.05, 0.1) is 11.7 Å². The van der Waals surface area contributed by atoms with E-state index in [4.69, 9.17) is 10.5 Å². The van der Waals surface area contributed by atoms with Crippen LogP contribution in [0.3, 0.4) is 0 Å². The summed E-state index contributed by atoms with van der Waals surface area (Å²) in [7, 11) is 0. The van der Waals surface area contributed by atoms with Crippen molar-refractivity contribution in [2.24, 2.45) is 5.73 Å². The van der Waals surface area contributed by atoms with Crippen LogP contribution >= 0.6 is 12.4 Å². The molecule has 0 aromatic heterocycles. The fourth-order valence-electron chi connectivity index (χ4n) is 2.57. The van der Waals surface area contributed by atoms with Crippen molar-refractivity contribution in [1.82, 2.24) is 4.90 Å². The summed E-state index contributed by atoms with van der Waals surface area (Å²) >= 11 is 0. The minimum absolute atomic E-state index is 0. The molecule has 4 nitrogen and oxygen atoms in total. The zero-order valence-electron chi connectivity index (χ0n) is 13.2. The highest BCUT2D eigenvalue weighted by Gasteiger charge is 2.31. The predicted molar refractivity (Wildman–Crippen MR) is 87.2 cm³/mol. The van der Waals surface area contributed by atoms with Crippen LogP contribution in [0.2, 0.25) is 0 Å². The van der Waals surface area contributed by atoms with Crippen LogP contribution in [0, 0.1) is 0 Å². The average molecular weight is 367 g/mol. The van der Waals surface area contributed by atoms with Crippen LogP contribution in [-0.4, -0.2) is 43.2 Å². The third-order valence-corrected chi connectivity index (χ3v) is 3.87. The van der Waals surface area contributed by atoms with Gasteiger partial charge in [-0.05, 0) is 44.0 Å². The number of piperidine rings is 1. The highest BCUT2D eigenvalue weighted by molar-refractivity contribution is 5.94. The largest absolute Gasteiger partial charge is 0.416 e. The van der Waals surface area contributed by atoms with Crippen molar-refractivity contribution in [3.05, 3.63) is 35.4 Å². The number of hydrogen-bond acceptors (Lipinski definition) is 3. The van der Waals surface area contributed by atoms with Crippen molar-refractivity contribution in [3.8, 4) is 0 Å². The lowest BCUT2D eigenvalue weighted by Gasteiger charge is -2.32. The van der Waals surface area contributed by atoms with Gasteiger partial charge >= 0.3 is 6.18 Å². The minimum atomic E-state index is -4.44. The second kappa shape index (κ2) is 9.25. The normalized spacial score (nSPS) is 15.9. The number of nitrogens with two attached hydrogens (primary N) is 1. The van der Waals surface area contributed by atoms with Crippen molar-refractivity contribution in [1.29, 1.82) is 0 Å². The number of likely N-dealkylation sites (tertiary alicyclic amines) is 1. The lowest BCUT2D eigenvalue weighted by Crippen LogP contribution is -2.41. The van der Waals surface area contributed by atoms with Gasteiger partial charge in [0.15, 0.2) is 0 Å². The number of hydrogen-bond donors (Lipinski definition) is 1. The predicted octanol–water partition coefficient (Wildman–Crippen LogP) is 3.10. The van der Waals surface area contributed by atoms with Gasteiger partial charge in [0.25, 0.3) is 5.91 Å². The SMILES string of the molecule is Cl.NCCCOC1CCN(C(=O)c2cccc(C(F)(F)F)c2)CC1. The number of benzene rings is 1. The Hall–Kier alpha value is -1.31. The van der Waals surface area contributed by atoms with Crippen LogP contribution in [0.25, 0.3) is 0 Å². The summed E-state index contributed by atoms with van der Waals surface area (Å²) in [5.41, 5.74) is 4.67. The second-order valence-corrected chi connectivity index (χ2v) is 5.58. The van der Waals surface area contributed by atoms with E-state index >= 15 is 0 Å². The molecule has 2 N–H and O–H groups in total. The van der Waals surface area contributed by atoms with Gasteiger partial charge < -0.3 is 15.4 Å². The molecule has 2 rings (SSSR count). The second-order valence-electron chi connectivity index (χ2n) is 5.58. The van der Waals surface area contributed by atoms with Crippen molar-refractivity contribution in [2.75, 3.05) is 26.2 Å². The zero-order chi connectivity index (χ0) is 16.9. The first-order valence-electron chi connectivity index (χ1n) is 7.70. The molecule has 1 aliphatic heterocycles. The third kappa shape index (κ3) is 5.65. The van der Waals surface area contributed by atoms with E-state index in [1.807, 2.05) is 0 Å². The van der Waals surface area contributed by atoms with Gasteiger partial charge in [-0.25, -0.2) is 0 Å². The molecule has 0 spiro atoms. The molecule has 1 amide bonds. The highest BCUT2D eigenvalue weighted by Crippen LogP contribution is 2.30. The van der Waals surface area contributed by atoms with Gasteiger partial charge in [0, 0.05) is 25.3 Å². The van der Waals surface area contributed by atoms with Crippen LogP contribution in [-0.2, 0) is 10.9 Å². The molecule has 0 aliphatic carbocycles. The van der Waals surface area contributed by atoms with Crippen LogP contribution in [0.5, 0.6) is 0 Å². The Morgan fingerprint density at radius 2 is 1.96 bits per heavy atom. The third-order valence-electron chi connectivity index (χ3n) is 3.87. The van der Waals surface area contributed by atoms with E-state index in [0.29, 0.717) is 39.1 Å². The van der Waals surface area contributed by atoms with Crippen LogP contribution in [0.4, 0.5) is 13.2 Å². The molecule has 8 heteroatoms. The maximum Gasteiger partial charge on any atom is 0.416 e. The molecule has 1 fully saturated rings. The van der Waals surface area contributed by atoms with Gasteiger partial charge in [0.2, 0.25) is 0 Å². The number of rotatable bonds is 5. The number of ether oxygens (including phenoxy) is 1. The smallest absolute Gasteiger partial charge is 0.378 e. The summed E-state index contributed by atoms with van der Waals surface area (Å²) in [5, 5.41) is 0. The number of carbonyl (C=O) groups is 1. The standard InChI is InChI=1S/C16H21F3N2O2.ClH/c17-16(18,19)13-4-1-3-12(11-13)15(22)21-8-5-14(6-9-21)23-10-2-7-20;/h1,3-4,11,14H,2,5-10,20H2;1H. The van der Waals surface area contributed by atoms with Crippen LogP contribution in [0.1, 0.15) is 35.2 Å². The van der Waals surface area contributed by atoms with Gasteiger partial charge in [-0.2, -0.15) is 13.2 Å². The average Bonchev–Trinajstić information content (AvgIpc) is 2.54. The van der Waals surface area contributed by atoms with Gasteiger partial charge in [0.1, 0.15) is 0 Å². The first-order chi connectivity index (χ1) is 10.9. The maximum absolute atomic E-state index is 12.7. The number of nitrogens with zero attached hydrogens (tertiary/aromatic N) is 1. The molecular weight excluding hydrogens is 345 g/mol. The Bertz CT molecular complexity index is 532. The molecule has 1 aromatic carbocycles. The lowest BCUT2D eigenvalue weighted by atomic mass is 10.0. The highest BCUT2D eigenvalue weighted by atomic mass is 35.5. The summed E-state index contributed by atoms with van der Waals surface area (Å²) in [6.07, 6.45) is -2.18. The molecule has 0 unspecified atom stereocenters. The van der Waals surface area contributed by atoms with E-state index in [9.17, 15) is 18.0 Å². The van der Waals surface area contributed by atoms with E-state index < -0.39 is 11.7 Å². The fraction of sp³-hybridized carbons (Fsp3) is 0.562. The molecule has 136 valence electrons. The summed E-state index contributed by atoms with van der Waals surface area (Å²) in [6, 6.07) is 4.56. The Labute approximate surface area is 145 Å². The van der Waals surface area contributed by atoms with Crippen LogP contribution < -0.4 is 5.73 Å². The summed E-state index contributed by atoms with van der Waals surface area (Å²) < 4.78 is 43.8. The Kier molecular flexibility index (Phi) is 7.99. The quantitative estimate of drug-likeness (QED) is 0.815. The van der Waals surface area contributed by atoms with E-state index in [1.54, 1.807) is 4.90 Å². The van der Waals surface area contributed by atoms with Crippen molar-refractivity contribution < 1.29 is 22.7 Å². The summed E-state index contributed by atoms with van der Waals surface area (Å²) in [4.78, 5) is 13.9. The molecule has 1 aromatic rings. The molecule has 1 aliphatic rings. The molecule has 0 atom stereocenters. The molecule has 0 saturated carbocycles. The number of alkyl halides is 3. The van der Waals surface area contributed by atoms with Gasteiger partial charge in [-0.3, -0.25) is 4.79 Å². The topological polar surface area (TPSA) is 55.6 Å². The van der Waals surface area contributed by atoms with Gasteiger partial charge in [-0.1, -0.05) is 6.07 Å². The fourth-order valence-corrected chi connectivity index (χ4v) is 2.57. The van der Waals surface area contributed by atoms with E-state index in [0.717, 1.165) is 18.6 Å². The lowest BCUT2D eigenvalue weighted by molar-refractivity contribution is -0.137. The van der Waals surface area contributed by atoms with E-state index in [-0.39, 0.29) is 30.0 Å². The number of carbonyl (C=O) groups excluding carboxylic acids is 1. The van der Waals surface area contributed by atoms with Crippen molar-refractivity contribution in [3.63, 3.8) is 0 Å². The molecule has 24 heavy (non-hydrogen) atoms. The summed E-state index contributed by atoms with van der Waals surface area (Å²) in [6.45, 7) is 2.15. The molecule has 0 radical (unpaired) electrons. The molecule has 1 heterocycles. The number of amides is 1. The van der Waals surface area contributed by atoms with Crippen molar-refractivity contribution in [2.45, 2.75) is 31.5 Å². The number of halogens is 4. The van der Waals surface area contributed by atoms with Gasteiger partial charge in [-0.15, -0.1) is 12.4 Å². The monoisotopic (exact) mass is 366 g/mol. The molecule has 1 saturated heterocycles. The maximum atomic E-state index is 12.7. The Balaban J connectivity index is 0.00000288. The Morgan fingerprint density at radius 1 is 1.29 bits per heavy atom. The zero-order valence-corrected chi connectivity index (χ0v) is 14.0. The molecular formula is C16H22ClF3N2O2. The summed E-state index contributed by atoms with van der Waals surface area (Å²) in [5.74, 6) is -0.364. The first kappa shape index (κ1) is 20.7. The Morgan fingerprint density at radius 3 is 2.54 bits per heavy atom. The van der Waals surface area contributed by atoms with Crippen molar-refractivity contribution >= 4 is 18.3 Å². The minimum Gasteiger partial charge on any atom is -0.378 e. The molecule has 0 bridgehead atoms. The van der Waals surface area contributed by atoms with Crippen LogP contribution in [0.15, 0.2) is 24.3 Å². The first-order valence-corrected chi connectivity index (χ1v) is 7.70. The van der Waals surface area contributed by atoms with E-state index in [2.05, 4.69) is 0 Å².